The lowest BCUT2D eigenvalue weighted by atomic mass is 9.79. The molecule has 0 aliphatic carbocycles. The number of hydrogen-bond donors (Lipinski definition) is 2. The molecule has 0 saturated carbocycles. The van der Waals surface area contributed by atoms with Crippen LogP contribution in [0.5, 0.6) is 0 Å². The molecule has 9 nitrogen and oxygen atoms in total. The zero-order valence-electron chi connectivity index (χ0n) is 18.6. The molecule has 10 heteroatoms. The normalized spacial score (nSPS) is 19.5. The molecule has 1 amide bonds. The molecule has 4 aromatic rings. The summed E-state index contributed by atoms with van der Waals surface area (Å²) in [6.45, 7) is 6.36. The van der Waals surface area contributed by atoms with Crippen LogP contribution >= 0.6 is 0 Å². The van der Waals surface area contributed by atoms with Crippen LogP contribution in [0.3, 0.4) is 0 Å². The summed E-state index contributed by atoms with van der Waals surface area (Å²) in [5.74, 6) is -0.389. The van der Waals surface area contributed by atoms with Crippen LogP contribution in [0.15, 0.2) is 41.5 Å². The molecule has 5 rings (SSSR count). The second-order valence-corrected chi connectivity index (χ2v) is 9.62. The number of carbonyl (C=O) groups is 1. The fourth-order valence-electron chi connectivity index (χ4n) is 4.86. The molecular formula is C23H25FN6O3. The molecule has 1 fully saturated rings. The molecule has 0 aromatic carbocycles. The number of piperidine rings is 1. The fourth-order valence-corrected chi connectivity index (χ4v) is 4.86. The summed E-state index contributed by atoms with van der Waals surface area (Å²) in [7, 11) is 0. The van der Waals surface area contributed by atoms with Crippen molar-refractivity contribution in [1.82, 2.24) is 28.8 Å². The van der Waals surface area contributed by atoms with Gasteiger partial charge in [0, 0.05) is 24.8 Å². The van der Waals surface area contributed by atoms with Gasteiger partial charge >= 0.3 is 11.8 Å². The molecule has 172 valence electrons. The fraction of sp³-hybridized carbons (Fsp3) is 0.391. The van der Waals surface area contributed by atoms with Crippen molar-refractivity contribution in [3.05, 3.63) is 53.0 Å². The second-order valence-electron chi connectivity index (χ2n) is 9.62. The van der Waals surface area contributed by atoms with E-state index in [2.05, 4.69) is 9.97 Å². The average molecular weight is 452 g/mol. The zero-order chi connectivity index (χ0) is 23.5. The van der Waals surface area contributed by atoms with Crippen molar-refractivity contribution < 1.29 is 14.3 Å². The summed E-state index contributed by atoms with van der Waals surface area (Å²) in [5.41, 5.74) is 2.28. The van der Waals surface area contributed by atoms with E-state index in [1.165, 1.54) is 17.2 Å². The Balaban J connectivity index is 1.59. The zero-order valence-corrected chi connectivity index (χ0v) is 18.6. The summed E-state index contributed by atoms with van der Waals surface area (Å²) in [4.78, 5) is 38.1. The summed E-state index contributed by atoms with van der Waals surface area (Å²) >= 11 is 0. The highest BCUT2D eigenvalue weighted by Gasteiger charge is 2.40. The van der Waals surface area contributed by atoms with Gasteiger partial charge in [0.2, 0.25) is 0 Å². The van der Waals surface area contributed by atoms with E-state index in [1.54, 1.807) is 33.4 Å². The predicted octanol–water partition coefficient (Wildman–Crippen LogP) is 3.91. The highest BCUT2D eigenvalue weighted by molar-refractivity contribution is 5.75. The molecule has 2 N–H and O–H groups in total. The van der Waals surface area contributed by atoms with E-state index in [9.17, 15) is 19.1 Å². The first-order valence-electron chi connectivity index (χ1n) is 10.9. The van der Waals surface area contributed by atoms with Crippen molar-refractivity contribution in [2.45, 2.75) is 45.7 Å². The van der Waals surface area contributed by atoms with Crippen LogP contribution in [-0.2, 0) is 0 Å². The number of imidazole rings is 2. The smallest absolute Gasteiger partial charge is 0.407 e. The topological polar surface area (TPSA) is 109 Å². The summed E-state index contributed by atoms with van der Waals surface area (Å²) in [6.07, 6.45) is 3.05. The number of halogens is 1. The SMILES string of the molecule is CC(C)(C)C1CC(n2c(=O)[nH]c3ccc(-c4cnc5ccc(F)cn45)nc32)CCN1C(=O)O. The van der Waals surface area contributed by atoms with E-state index in [4.69, 9.17) is 4.98 Å². The van der Waals surface area contributed by atoms with Crippen LogP contribution in [0.4, 0.5) is 9.18 Å². The number of nitrogens with one attached hydrogen (secondary N) is 1. The van der Waals surface area contributed by atoms with Gasteiger partial charge in [-0.25, -0.2) is 23.9 Å². The summed E-state index contributed by atoms with van der Waals surface area (Å²) < 4.78 is 17.1. The van der Waals surface area contributed by atoms with Crippen molar-refractivity contribution in [2.24, 2.45) is 5.41 Å². The number of fused-ring (bicyclic) bond motifs is 2. The van der Waals surface area contributed by atoms with Crippen LogP contribution in [0.25, 0.3) is 28.2 Å². The number of aromatic amines is 1. The minimum Gasteiger partial charge on any atom is -0.465 e. The Morgan fingerprint density at radius 1 is 1.24 bits per heavy atom. The van der Waals surface area contributed by atoms with Gasteiger partial charge < -0.3 is 15.0 Å². The number of amides is 1. The molecule has 2 unspecified atom stereocenters. The minimum absolute atomic E-state index is 0.201. The maximum atomic E-state index is 13.8. The van der Waals surface area contributed by atoms with Gasteiger partial charge in [0.25, 0.3) is 0 Å². The molecule has 4 aromatic heterocycles. The van der Waals surface area contributed by atoms with Gasteiger partial charge in [-0.05, 0) is 42.5 Å². The van der Waals surface area contributed by atoms with Crippen molar-refractivity contribution in [1.29, 1.82) is 0 Å². The third-order valence-electron chi connectivity index (χ3n) is 6.48. The maximum absolute atomic E-state index is 13.8. The number of hydrogen-bond acceptors (Lipinski definition) is 4. The van der Waals surface area contributed by atoms with Crippen molar-refractivity contribution in [3.8, 4) is 11.4 Å². The van der Waals surface area contributed by atoms with Gasteiger partial charge in [-0.3, -0.25) is 8.97 Å². The number of aromatic nitrogens is 5. The quantitative estimate of drug-likeness (QED) is 0.479. The molecular weight excluding hydrogens is 427 g/mol. The summed E-state index contributed by atoms with van der Waals surface area (Å²) in [5, 5.41) is 9.67. The van der Waals surface area contributed by atoms with Gasteiger partial charge in [-0.2, -0.15) is 0 Å². The van der Waals surface area contributed by atoms with E-state index in [-0.39, 0.29) is 29.0 Å². The van der Waals surface area contributed by atoms with Crippen molar-refractivity contribution in [3.63, 3.8) is 0 Å². The Bertz CT molecular complexity index is 1430. The van der Waals surface area contributed by atoms with Gasteiger partial charge in [-0.1, -0.05) is 20.8 Å². The Kier molecular flexibility index (Phi) is 4.77. The molecule has 1 aliphatic rings. The molecule has 1 aliphatic heterocycles. The van der Waals surface area contributed by atoms with E-state index in [0.29, 0.717) is 47.6 Å². The van der Waals surface area contributed by atoms with Crippen LogP contribution in [0.2, 0.25) is 0 Å². The summed E-state index contributed by atoms with van der Waals surface area (Å²) in [6, 6.07) is 6.04. The van der Waals surface area contributed by atoms with Crippen molar-refractivity contribution in [2.75, 3.05) is 6.54 Å². The average Bonchev–Trinajstić information content (AvgIpc) is 3.31. The molecule has 5 heterocycles. The molecule has 0 spiro atoms. The first-order chi connectivity index (χ1) is 15.6. The highest BCUT2D eigenvalue weighted by Crippen LogP contribution is 2.37. The van der Waals surface area contributed by atoms with Gasteiger partial charge in [0.15, 0.2) is 5.65 Å². The molecule has 0 radical (unpaired) electrons. The van der Waals surface area contributed by atoms with E-state index in [1.807, 2.05) is 20.8 Å². The lowest BCUT2D eigenvalue weighted by Crippen LogP contribution is -2.52. The lowest BCUT2D eigenvalue weighted by Gasteiger charge is -2.44. The first kappa shape index (κ1) is 21.2. The maximum Gasteiger partial charge on any atom is 0.407 e. The highest BCUT2D eigenvalue weighted by atomic mass is 19.1. The molecule has 2 atom stereocenters. The van der Waals surface area contributed by atoms with Crippen LogP contribution in [-0.4, -0.2) is 52.6 Å². The standard InChI is InChI=1S/C23H25FN6O3/c1-23(2,3)18-10-14(8-9-28(18)22(32)33)30-20-16(27-21(30)31)6-5-15(26-20)17-11-25-19-7-4-13(24)12-29(17)19/h4-7,11-12,14,18H,8-10H2,1-3H3,(H,27,31)(H,32,33). The largest absolute Gasteiger partial charge is 0.465 e. The first-order valence-corrected chi connectivity index (χ1v) is 10.9. The number of likely N-dealkylation sites (tertiary alicyclic amines) is 1. The van der Waals surface area contributed by atoms with E-state index in [0.717, 1.165) is 0 Å². The van der Waals surface area contributed by atoms with Crippen LogP contribution in [0, 0.1) is 11.2 Å². The Hall–Kier alpha value is -3.69. The second kappa shape index (κ2) is 7.43. The molecule has 1 saturated heterocycles. The Morgan fingerprint density at radius 2 is 2.03 bits per heavy atom. The lowest BCUT2D eigenvalue weighted by molar-refractivity contribution is 0.0429. The number of carboxylic acid groups (broad SMARTS) is 1. The number of pyridine rings is 2. The van der Waals surface area contributed by atoms with Crippen LogP contribution in [0.1, 0.15) is 39.7 Å². The molecule has 0 bridgehead atoms. The van der Waals surface area contributed by atoms with Gasteiger partial charge in [-0.15, -0.1) is 0 Å². The van der Waals surface area contributed by atoms with Crippen molar-refractivity contribution >= 4 is 22.9 Å². The van der Waals surface area contributed by atoms with Crippen LogP contribution < -0.4 is 5.69 Å². The monoisotopic (exact) mass is 452 g/mol. The Labute approximate surface area is 188 Å². The van der Waals surface area contributed by atoms with E-state index < -0.39 is 6.09 Å². The molecule has 33 heavy (non-hydrogen) atoms. The predicted molar refractivity (Wildman–Crippen MR) is 121 cm³/mol. The number of H-pyrrole nitrogens is 1. The Morgan fingerprint density at radius 3 is 2.76 bits per heavy atom. The third-order valence-corrected chi connectivity index (χ3v) is 6.48. The number of nitrogens with zero attached hydrogens (tertiary/aromatic N) is 5. The minimum atomic E-state index is -0.945. The van der Waals surface area contributed by atoms with Gasteiger partial charge in [0.05, 0.1) is 23.1 Å². The van der Waals surface area contributed by atoms with Gasteiger partial charge in [0.1, 0.15) is 11.5 Å². The third kappa shape index (κ3) is 3.55. The van der Waals surface area contributed by atoms with E-state index >= 15 is 0 Å². The number of rotatable bonds is 2.